The normalized spacial score (nSPS) is 19.1. The standard InChI is InChI=1S/C18H22ClN3O2/c1-11-15(12(2)24-22-11)7-4-8-20-18(23)21-17-10-16(17)13-5-3-6-14(19)9-13/h3,5-6,9,16-17H,4,7-8,10H2,1-2H3,(H2,20,21,23)/t16-,17-/m0/s1. The van der Waals surface area contributed by atoms with Gasteiger partial charge in [-0.2, -0.15) is 0 Å². The van der Waals surface area contributed by atoms with Crippen molar-refractivity contribution in [1.82, 2.24) is 15.8 Å². The Hall–Kier alpha value is -2.01. The van der Waals surface area contributed by atoms with Crippen LogP contribution in [0.3, 0.4) is 0 Å². The first-order valence-electron chi connectivity index (χ1n) is 8.26. The van der Waals surface area contributed by atoms with Gasteiger partial charge < -0.3 is 15.2 Å². The van der Waals surface area contributed by atoms with Crippen molar-refractivity contribution in [3.8, 4) is 0 Å². The number of aryl methyl sites for hydroxylation is 2. The lowest BCUT2D eigenvalue weighted by Gasteiger charge is -2.07. The number of amides is 2. The quantitative estimate of drug-likeness (QED) is 0.782. The van der Waals surface area contributed by atoms with Crippen molar-refractivity contribution in [1.29, 1.82) is 0 Å². The fourth-order valence-corrected chi connectivity index (χ4v) is 3.20. The number of carbonyl (C=O) groups excluding carboxylic acids is 1. The summed E-state index contributed by atoms with van der Waals surface area (Å²) in [6.45, 7) is 4.48. The molecule has 1 aliphatic carbocycles. The number of hydrogen-bond acceptors (Lipinski definition) is 3. The molecule has 0 spiro atoms. The first kappa shape index (κ1) is 16.8. The van der Waals surface area contributed by atoms with Crippen LogP contribution in [0, 0.1) is 13.8 Å². The third-order valence-corrected chi connectivity index (χ3v) is 4.69. The van der Waals surface area contributed by atoms with E-state index in [0.717, 1.165) is 41.3 Å². The van der Waals surface area contributed by atoms with Crippen molar-refractivity contribution >= 4 is 17.6 Å². The van der Waals surface area contributed by atoms with Crippen LogP contribution in [0.2, 0.25) is 5.02 Å². The largest absolute Gasteiger partial charge is 0.361 e. The van der Waals surface area contributed by atoms with Crippen LogP contribution in [-0.4, -0.2) is 23.8 Å². The van der Waals surface area contributed by atoms with Gasteiger partial charge in [0.05, 0.1) is 5.69 Å². The maximum Gasteiger partial charge on any atom is 0.315 e. The Balaban J connectivity index is 1.37. The molecule has 6 heteroatoms. The predicted molar refractivity (Wildman–Crippen MR) is 93.4 cm³/mol. The summed E-state index contributed by atoms with van der Waals surface area (Å²) in [4.78, 5) is 12.0. The van der Waals surface area contributed by atoms with Crippen molar-refractivity contribution in [2.24, 2.45) is 0 Å². The number of carbonyl (C=O) groups is 1. The van der Waals surface area contributed by atoms with Gasteiger partial charge in [-0.05, 0) is 50.8 Å². The van der Waals surface area contributed by atoms with E-state index in [2.05, 4.69) is 21.9 Å². The molecule has 2 N–H and O–H groups in total. The van der Waals surface area contributed by atoms with E-state index in [1.807, 2.05) is 32.0 Å². The number of urea groups is 1. The summed E-state index contributed by atoms with van der Waals surface area (Å²) < 4.78 is 5.14. The zero-order valence-corrected chi connectivity index (χ0v) is 14.7. The van der Waals surface area contributed by atoms with Gasteiger partial charge in [0.2, 0.25) is 0 Å². The Kier molecular flexibility index (Phi) is 5.09. The molecule has 1 heterocycles. The minimum Gasteiger partial charge on any atom is -0.361 e. The molecule has 1 aliphatic rings. The molecule has 24 heavy (non-hydrogen) atoms. The monoisotopic (exact) mass is 347 g/mol. The molecule has 3 rings (SSSR count). The molecule has 0 bridgehead atoms. The summed E-state index contributed by atoms with van der Waals surface area (Å²) >= 11 is 6.01. The molecule has 5 nitrogen and oxygen atoms in total. The summed E-state index contributed by atoms with van der Waals surface area (Å²) in [6.07, 6.45) is 2.68. The summed E-state index contributed by atoms with van der Waals surface area (Å²) in [5, 5.41) is 10.6. The smallest absolute Gasteiger partial charge is 0.315 e. The first-order chi connectivity index (χ1) is 11.5. The van der Waals surface area contributed by atoms with E-state index >= 15 is 0 Å². The Morgan fingerprint density at radius 3 is 2.96 bits per heavy atom. The number of halogens is 1. The topological polar surface area (TPSA) is 67.2 Å². The highest BCUT2D eigenvalue weighted by atomic mass is 35.5. The molecule has 0 saturated heterocycles. The van der Waals surface area contributed by atoms with E-state index in [1.54, 1.807) is 0 Å². The lowest BCUT2D eigenvalue weighted by Crippen LogP contribution is -2.37. The second-order valence-corrected chi connectivity index (χ2v) is 6.75. The lowest BCUT2D eigenvalue weighted by atomic mass is 10.1. The number of rotatable bonds is 6. The van der Waals surface area contributed by atoms with E-state index in [9.17, 15) is 4.79 Å². The molecular formula is C18H22ClN3O2. The van der Waals surface area contributed by atoms with Gasteiger partial charge in [0, 0.05) is 29.1 Å². The van der Waals surface area contributed by atoms with Crippen LogP contribution in [0.1, 0.15) is 41.3 Å². The average Bonchev–Trinajstić information content (AvgIpc) is 3.24. The zero-order chi connectivity index (χ0) is 17.1. The number of nitrogens with zero attached hydrogens (tertiary/aromatic N) is 1. The van der Waals surface area contributed by atoms with E-state index in [0.29, 0.717) is 12.5 Å². The number of nitrogens with one attached hydrogen (secondary N) is 2. The molecule has 1 fully saturated rings. The van der Waals surface area contributed by atoms with Crippen LogP contribution < -0.4 is 10.6 Å². The molecule has 2 aromatic rings. The van der Waals surface area contributed by atoms with Gasteiger partial charge in [-0.25, -0.2) is 4.79 Å². The van der Waals surface area contributed by atoms with Gasteiger partial charge in [0.25, 0.3) is 0 Å². The Morgan fingerprint density at radius 2 is 2.25 bits per heavy atom. The highest BCUT2D eigenvalue weighted by molar-refractivity contribution is 6.30. The molecule has 0 aliphatic heterocycles. The first-order valence-corrected chi connectivity index (χ1v) is 8.64. The molecule has 1 aromatic heterocycles. The van der Waals surface area contributed by atoms with Crippen LogP contribution in [0.5, 0.6) is 0 Å². The van der Waals surface area contributed by atoms with Crippen LogP contribution >= 0.6 is 11.6 Å². The molecule has 0 radical (unpaired) electrons. The summed E-state index contributed by atoms with van der Waals surface area (Å²) in [5.74, 6) is 1.23. The van der Waals surface area contributed by atoms with Crippen molar-refractivity contribution in [3.05, 3.63) is 51.9 Å². The van der Waals surface area contributed by atoms with Crippen LogP contribution in [0.25, 0.3) is 0 Å². The van der Waals surface area contributed by atoms with E-state index in [-0.39, 0.29) is 12.1 Å². The van der Waals surface area contributed by atoms with Crippen molar-refractivity contribution in [2.75, 3.05) is 6.54 Å². The SMILES string of the molecule is Cc1noc(C)c1CCCNC(=O)N[C@H]1C[C@H]1c1cccc(Cl)c1. The molecule has 128 valence electrons. The predicted octanol–water partition coefficient (Wildman–Crippen LogP) is 3.73. The number of benzene rings is 1. The number of hydrogen-bond donors (Lipinski definition) is 2. The summed E-state index contributed by atoms with van der Waals surface area (Å²) in [6, 6.07) is 7.92. The highest BCUT2D eigenvalue weighted by Crippen LogP contribution is 2.41. The highest BCUT2D eigenvalue weighted by Gasteiger charge is 2.39. The van der Waals surface area contributed by atoms with Crippen molar-refractivity contribution in [3.63, 3.8) is 0 Å². The van der Waals surface area contributed by atoms with Gasteiger partial charge in [0.15, 0.2) is 0 Å². The van der Waals surface area contributed by atoms with E-state index < -0.39 is 0 Å². The minimum atomic E-state index is -0.108. The fourth-order valence-electron chi connectivity index (χ4n) is 3.01. The Labute approximate surface area is 146 Å². The second-order valence-electron chi connectivity index (χ2n) is 6.31. The lowest BCUT2D eigenvalue weighted by molar-refractivity contribution is 0.240. The third-order valence-electron chi connectivity index (χ3n) is 4.45. The van der Waals surface area contributed by atoms with Gasteiger partial charge in [-0.15, -0.1) is 0 Å². The molecule has 2 atom stereocenters. The minimum absolute atomic E-state index is 0.108. The van der Waals surface area contributed by atoms with Crippen molar-refractivity contribution < 1.29 is 9.32 Å². The maximum atomic E-state index is 12.0. The number of aromatic nitrogens is 1. The molecule has 2 amide bonds. The molecule has 0 unspecified atom stereocenters. The summed E-state index contributed by atoms with van der Waals surface area (Å²) in [7, 11) is 0. The van der Waals surface area contributed by atoms with Gasteiger partial charge in [0.1, 0.15) is 5.76 Å². The Bertz CT molecular complexity index is 709. The van der Waals surface area contributed by atoms with Gasteiger partial charge in [-0.1, -0.05) is 28.9 Å². The average molecular weight is 348 g/mol. The Morgan fingerprint density at radius 1 is 1.42 bits per heavy atom. The van der Waals surface area contributed by atoms with Crippen LogP contribution in [0.4, 0.5) is 4.79 Å². The van der Waals surface area contributed by atoms with E-state index in [1.165, 1.54) is 5.56 Å². The second kappa shape index (κ2) is 7.26. The van der Waals surface area contributed by atoms with Gasteiger partial charge >= 0.3 is 6.03 Å². The zero-order valence-electron chi connectivity index (χ0n) is 13.9. The van der Waals surface area contributed by atoms with E-state index in [4.69, 9.17) is 16.1 Å². The summed E-state index contributed by atoms with van der Waals surface area (Å²) in [5.41, 5.74) is 3.26. The fraction of sp³-hybridized carbons (Fsp3) is 0.444. The molecule has 1 aromatic carbocycles. The van der Waals surface area contributed by atoms with Crippen LogP contribution in [0.15, 0.2) is 28.8 Å². The van der Waals surface area contributed by atoms with Crippen molar-refractivity contribution in [2.45, 2.75) is 45.1 Å². The maximum absolute atomic E-state index is 12.0. The third kappa shape index (κ3) is 4.09. The molecule has 1 saturated carbocycles. The van der Waals surface area contributed by atoms with Gasteiger partial charge in [-0.3, -0.25) is 0 Å². The molecular weight excluding hydrogens is 326 g/mol. The van der Waals surface area contributed by atoms with Crippen LogP contribution in [-0.2, 0) is 6.42 Å².